The van der Waals surface area contributed by atoms with E-state index in [0.717, 1.165) is 43.7 Å². The molecule has 0 atom stereocenters. The summed E-state index contributed by atoms with van der Waals surface area (Å²) in [5.74, 6) is 0.0798. The van der Waals surface area contributed by atoms with E-state index in [9.17, 15) is 4.79 Å². The Hall–Kier alpha value is -1.39. The zero-order valence-electron chi connectivity index (χ0n) is 12.0. The first-order valence-corrected chi connectivity index (χ1v) is 7.50. The van der Waals surface area contributed by atoms with E-state index in [2.05, 4.69) is 10.2 Å². The number of aliphatic hydroxyl groups excluding tert-OH is 1. The molecule has 4 nitrogen and oxygen atoms in total. The normalized spacial score (nSPS) is 15.4. The minimum atomic E-state index is 0.0798. The van der Waals surface area contributed by atoms with Crippen molar-refractivity contribution in [2.24, 2.45) is 0 Å². The van der Waals surface area contributed by atoms with Crippen molar-refractivity contribution in [2.45, 2.75) is 32.1 Å². The van der Waals surface area contributed by atoms with E-state index in [1.807, 2.05) is 24.3 Å². The summed E-state index contributed by atoms with van der Waals surface area (Å²) in [4.78, 5) is 14.3. The van der Waals surface area contributed by atoms with Crippen LogP contribution in [0.15, 0.2) is 24.3 Å². The molecular formula is C16H24N2O2. The Kier molecular flexibility index (Phi) is 6.02. The molecule has 0 aliphatic carbocycles. The average molecular weight is 276 g/mol. The van der Waals surface area contributed by atoms with Gasteiger partial charge in [0.2, 0.25) is 5.91 Å². The molecule has 1 amide bonds. The molecule has 1 aliphatic rings. The number of hydrogen-bond donors (Lipinski definition) is 2. The Labute approximate surface area is 120 Å². The lowest BCUT2D eigenvalue weighted by atomic mass is 10.1. The quantitative estimate of drug-likeness (QED) is 0.801. The van der Waals surface area contributed by atoms with E-state index in [1.54, 1.807) is 0 Å². The molecule has 1 saturated heterocycles. The van der Waals surface area contributed by atoms with Crippen LogP contribution in [0.4, 0.5) is 5.69 Å². The van der Waals surface area contributed by atoms with Crippen molar-refractivity contribution in [3.63, 3.8) is 0 Å². The predicted octanol–water partition coefficient (Wildman–Crippen LogP) is 2.04. The van der Waals surface area contributed by atoms with Crippen LogP contribution in [0.2, 0.25) is 0 Å². The van der Waals surface area contributed by atoms with Crippen molar-refractivity contribution in [1.29, 1.82) is 0 Å². The highest BCUT2D eigenvalue weighted by Gasteiger charge is 2.12. The Bertz CT molecular complexity index is 428. The third-order valence-electron chi connectivity index (χ3n) is 3.69. The van der Waals surface area contributed by atoms with Crippen LogP contribution in [0, 0.1) is 0 Å². The summed E-state index contributed by atoms with van der Waals surface area (Å²) < 4.78 is 0. The molecule has 1 aliphatic heterocycles. The second-order valence-corrected chi connectivity index (χ2v) is 5.37. The van der Waals surface area contributed by atoms with Gasteiger partial charge in [0.1, 0.15) is 0 Å². The van der Waals surface area contributed by atoms with Gasteiger partial charge in [-0.2, -0.15) is 0 Å². The lowest BCUT2D eigenvalue weighted by Gasteiger charge is -2.14. The van der Waals surface area contributed by atoms with Crippen molar-refractivity contribution in [3.8, 4) is 0 Å². The molecule has 1 aromatic rings. The van der Waals surface area contributed by atoms with Crippen molar-refractivity contribution >= 4 is 11.6 Å². The number of carbonyl (C=O) groups is 1. The number of anilines is 1. The van der Waals surface area contributed by atoms with Crippen molar-refractivity contribution in [3.05, 3.63) is 29.8 Å². The third kappa shape index (κ3) is 4.94. The van der Waals surface area contributed by atoms with Gasteiger partial charge >= 0.3 is 0 Å². The smallest absolute Gasteiger partial charge is 0.225 e. The lowest BCUT2D eigenvalue weighted by Crippen LogP contribution is -2.25. The van der Waals surface area contributed by atoms with Crippen LogP contribution in [-0.2, 0) is 11.2 Å². The Morgan fingerprint density at radius 1 is 1.30 bits per heavy atom. The summed E-state index contributed by atoms with van der Waals surface area (Å²) in [7, 11) is 0. The van der Waals surface area contributed by atoms with Crippen LogP contribution in [0.25, 0.3) is 0 Å². The van der Waals surface area contributed by atoms with Crippen LogP contribution < -0.4 is 5.32 Å². The SMILES string of the molecule is O=C(CCN1CCCC1)Nc1cccc(CCCO)c1. The molecule has 1 heterocycles. The van der Waals surface area contributed by atoms with Crippen LogP contribution >= 0.6 is 0 Å². The summed E-state index contributed by atoms with van der Waals surface area (Å²) in [6.45, 7) is 3.32. The molecule has 0 aromatic heterocycles. The van der Waals surface area contributed by atoms with E-state index in [1.165, 1.54) is 12.8 Å². The summed E-state index contributed by atoms with van der Waals surface area (Å²) in [5, 5.41) is 11.8. The molecule has 0 radical (unpaired) electrons. The van der Waals surface area contributed by atoms with Gasteiger partial charge in [0, 0.05) is 25.3 Å². The topological polar surface area (TPSA) is 52.6 Å². The van der Waals surface area contributed by atoms with Gasteiger partial charge in [0.15, 0.2) is 0 Å². The van der Waals surface area contributed by atoms with Gasteiger partial charge in [-0.25, -0.2) is 0 Å². The van der Waals surface area contributed by atoms with Gasteiger partial charge < -0.3 is 15.3 Å². The molecule has 0 spiro atoms. The number of likely N-dealkylation sites (tertiary alicyclic amines) is 1. The fourth-order valence-corrected chi connectivity index (χ4v) is 2.58. The van der Waals surface area contributed by atoms with Crippen LogP contribution in [0.1, 0.15) is 31.2 Å². The van der Waals surface area contributed by atoms with E-state index < -0.39 is 0 Å². The molecule has 2 N–H and O–H groups in total. The zero-order chi connectivity index (χ0) is 14.2. The summed E-state index contributed by atoms with van der Waals surface area (Å²) in [6, 6.07) is 7.87. The fourth-order valence-electron chi connectivity index (χ4n) is 2.58. The van der Waals surface area contributed by atoms with Gasteiger partial charge in [-0.3, -0.25) is 4.79 Å². The highest BCUT2D eigenvalue weighted by molar-refractivity contribution is 5.90. The maximum atomic E-state index is 11.9. The number of nitrogens with zero attached hydrogens (tertiary/aromatic N) is 1. The molecule has 20 heavy (non-hydrogen) atoms. The molecule has 2 rings (SSSR count). The first-order valence-electron chi connectivity index (χ1n) is 7.50. The summed E-state index contributed by atoms with van der Waals surface area (Å²) >= 11 is 0. The average Bonchev–Trinajstić information content (AvgIpc) is 2.97. The van der Waals surface area contributed by atoms with Gasteiger partial charge in [-0.05, 0) is 56.5 Å². The first-order chi connectivity index (χ1) is 9.78. The number of carbonyl (C=O) groups excluding carboxylic acids is 1. The maximum Gasteiger partial charge on any atom is 0.225 e. The van der Waals surface area contributed by atoms with E-state index >= 15 is 0 Å². The largest absolute Gasteiger partial charge is 0.396 e. The van der Waals surface area contributed by atoms with Gasteiger partial charge in [-0.15, -0.1) is 0 Å². The van der Waals surface area contributed by atoms with Gasteiger partial charge in [0.25, 0.3) is 0 Å². The monoisotopic (exact) mass is 276 g/mol. The second kappa shape index (κ2) is 8.02. The first kappa shape index (κ1) is 15.0. The number of nitrogens with one attached hydrogen (secondary N) is 1. The second-order valence-electron chi connectivity index (χ2n) is 5.37. The number of benzene rings is 1. The molecule has 4 heteroatoms. The van der Waals surface area contributed by atoms with Crippen LogP contribution in [0.5, 0.6) is 0 Å². The molecule has 1 aromatic carbocycles. The van der Waals surface area contributed by atoms with E-state index in [-0.39, 0.29) is 12.5 Å². The minimum absolute atomic E-state index is 0.0798. The molecular weight excluding hydrogens is 252 g/mol. The zero-order valence-corrected chi connectivity index (χ0v) is 12.0. The lowest BCUT2D eigenvalue weighted by molar-refractivity contribution is -0.116. The summed E-state index contributed by atoms with van der Waals surface area (Å²) in [5.41, 5.74) is 2.00. The van der Waals surface area contributed by atoms with Crippen molar-refractivity contribution in [1.82, 2.24) is 4.90 Å². The van der Waals surface area contributed by atoms with Gasteiger partial charge in [-0.1, -0.05) is 12.1 Å². The predicted molar refractivity (Wildman–Crippen MR) is 80.8 cm³/mol. The highest BCUT2D eigenvalue weighted by atomic mass is 16.2. The molecule has 110 valence electrons. The molecule has 0 saturated carbocycles. The Morgan fingerprint density at radius 3 is 2.85 bits per heavy atom. The number of aryl methyl sites for hydroxylation is 1. The fraction of sp³-hybridized carbons (Fsp3) is 0.562. The molecule has 1 fully saturated rings. The standard InChI is InChI=1S/C16H24N2O2/c19-12-4-6-14-5-3-7-15(13-14)17-16(20)8-11-18-9-1-2-10-18/h3,5,7,13,19H,1-2,4,6,8-12H2,(H,17,20). The molecule has 0 unspecified atom stereocenters. The maximum absolute atomic E-state index is 11.9. The number of hydrogen-bond acceptors (Lipinski definition) is 3. The van der Waals surface area contributed by atoms with Crippen LogP contribution in [0.3, 0.4) is 0 Å². The Balaban J connectivity index is 1.77. The van der Waals surface area contributed by atoms with E-state index in [4.69, 9.17) is 5.11 Å². The van der Waals surface area contributed by atoms with Crippen molar-refractivity contribution < 1.29 is 9.90 Å². The van der Waals surface area contributed by atoms with Crippen LogP contribution in [-0.4, -0.2) is 42.2 Å². The summed E-state index contributed by atoms with van der Waals surface area (Å²) in [6.07, 6.45) is 4.67. The molecule has 0 bridgehead atoms. The van der Waals surface area contributed by atoms with Crippen molar-refractivity contribution in [2.75, 3.05) is 31.6 Å². The number of amides is 1. The number of aliphatic hydroxyl groups is 1. The third-order valence-corrected chi connectivity index (χ3v) is 3.69. The van der Waals surface area contributed by atoms with Gasteiger partial charge in [0.05, 0.1) is 0 Å². The number of rotatable bonds is 7. The minimum Gasteiger partial charge on any atom is -0.396 e. The Morgan fingerprint density at radius 2 is 2.10 bits per heavy atom. The highest BCUT2D eigenvalue weighted by Crippen LogP contribution is 2.13. The van der Waals surface area contributed by atoms with E-state index in [0.29, 0.717) is 6.42 Å².